The number of hydrogen-bond acceptors (Lipinski definition) is 3. The van der Waals surface area contributed by atoms with Crippen molar-refractivity contribution >= 4 is 17.7 Å². The first kappa shape index (κ1) is 20.0. The summed E-state index contributed by atoms with van der Waals surface area (Å²) < 4.78 is 0. The normalized spacial score (nSPS) is 16.4. The van der Waals surface area contributed by atoms with E-state index in [-0.39, 0.29) is 11.9 Å². The molecule has 27 heavy (non-hydrogen) atoms. The van der Waals surface area contributed by atoms with Gasteiger partial charge in [0.15, 0.2) is 0 Å². The molecule has 0 aromatic heterocycles. The molecular formula is C23H30N2OS. The molecule has 0 radical (unpaired) electrons. The molecule has 3 rings (SSSR count). The van der Waals surface area contributed by atoms with Crippen LogP contribution in [-0.2, 0) is 5.75 Å². The van der Waals surface area contributed by atoms with E-state index < -0.39 is 0 Å². The second-order valence-corrected chi connectivity index (χ2v) is 8.76. The molecule has 0 saturated carbocycles. The molecule has 4 heteroatoms. The third-order valence-electron chi connectivity index (χ3n) is 5.47. The summed E-state index contributed by atoms with van der Waals surface area (Å²) >= 11 is 1.83. The van der Waals surface area contributed by atoms with Gasteiger partial charge in [0.05, 0.1) is 0 Å². The van der Waals surface area contributed by atoms with E-state index in [4.69, 9.17) is 5.73 Å². The molecule has 1 unspecified atom stereocenters. The molecule has 144 valence electrons. The van der Waals surface area contributed by atoms with Gasteiger partial charge in [-0.3, -0.25) is 4.79 Å². The lowest BCUT2D eigenvalue weighted by atomic mass is 9.90. The average molecular weight is 383 g/mol. The summed E-state index contributed by atoms with van der Waals surface area (Å²) in [6, 6.07) is 14.9. The van der Waals surface area contributed by atoms with Crippen LogP contribution in [0.4, 0.5) is 0 Å². The Bertz CT molecular complexity index is 795. The minimum atomic E-state index is 0.150. The van der Waals surface area contributed by atoms with Gasteiger partial charge in [-0.2, -0.15) is 0 Å². The van der Waals surface area contributed by atoms with Crippen LogP contribution in [0.5, 0.6) is 0 Å². The molecule has 2 aromatic rings. The molecule has 0 bridgehead atoms. The largest absolute Gasteiger partial charge is 0.339 e. The summed E-state index contributed by atoms with van der Waals surface area (Å²) in [4.78, 5) is 16.2. The second kappa shape index (κ2) is 8.94. The Morgan fingerprint density at radius 3 is 2.59 bits per heavy atom. The van der Waals surface area contributed by atoms with Gasteiger partial charge in [0.1, 0.15) is 0 Å². The summed E-state index contributed by atoms with van der Waals surface area (Å²) in [6.07, 6.45) is 2.01. The third kappa shape index (κ3) is 5.14. The summed E-state index contributed by atoms with van der Waals surface area (Å²) in [5.41, 5.74) is 10.6. The topological polar surface area (TPSA) is 46.3 Å². The lowest BCUT2D eigenvalue weighted by molar-refractivity contribution is 0.0681. The van der Waals surface area contributed by atoms with E-state index in [2.05, 4.69) is 51.1 Å². The molecule has 3 nitrogen and oxygen atoms in total. The number of nitrogens with two attached hydrogens (primary N) is 1. The number of carbonyl (C=O) groups is 1. The molecule has 1 atom stereocenters. The predicted molar refractivity (Wildman–Crippen MR) is 114 cm³/mol. The van der Waals surface area contributed by atoms with Crippen molar-refractivity contribution in [1.82, 2.24) is 4.90 Å². The highest BCUT2D eigenvalue weighted by molar-refractivity contribution is 7.98. The van der Waals surface area contributed by atoms with Crippen LogP contribution < -0.4 is 5.73 Å². The van der Waals surface area contributed by atoms with Gasteiger partial charge in [0.25, 0.3) is 5.91 Å². The van der Waals surface area contributed by atoms with Gasteiger partial charge in [-0.05, 0) is 68.9 Å². The summed E-state index contributed by atoms with van der Waals surface area (Å²) in [7, 11) is 0. The molecule has 1 saturated heterocycles. The molecular weight excluding hydrogens is 352 g/mol. The van der Waals surface area contributed by atoms with Gasteiger partial charge >= 0.3 is 0 Å². The number of likely N-dealkylation sites (tertiary alicyclic amines) is 1. The monoisotopic (exact) mass is 382 g/mol. The van der Waals surface area contributed by atoms with E-state index in [1.807, 2.05) is 28.8 Å². The molecule has 1 heterocycles. The predicted octanol–water partition coefficient (Wildman–Crippen LogP) is 4.80. The van der Waals surface area contributed by atoms with Crippen LogP contribution in [0.2, 0.25) is 0 Å². The van der Waals surface area contributed by atoms with Crippen molar-refractivity contribution in [3.63, 3.8) is 0 Å². The van der Waals surface area contributed by atoms with Crippen molar-refractivity contribution in [3.8, 4) is 0 Å². The number of carbonyl (C=O) groups excluding carboxylic acids is 1. The first-order valence-corrected chi connectivity index (χ1v) is 10.8. The zero-order chi connectivity index (χ0) is 19.4. The number of hydrogen-bond donors (Lipinski definition) is 1. The van der Waals surface area contributed by atoms with Crippen molar-refractivity contribution in [2.75, 3.05) is 13.1 Å². The second-order valence-electron chi connectivity index (χ2n) is 7.75. The Labute approximate surface area is 167 Å². The number of aryl methyl sites for hydroxylation is 2. The Balaban J connectivity index is 1.62. The Morgan fingerprint density at radius 2 is 1.93 bits per heavy atom. The van der Waals surface area contributed by atoms with Crippen molar-refractivity contribution in [1.29, 1.82) is 0 Å². The first-order chi connectivity index (χ1) is 12.9. The third-order valence-corrected chi connectivity index (χ3v) is 6.72. The SMILES string of the molecule is Cc1ccc(SCc2cccc(C(=O)N3CCC(C(C)N)CC3)c2)c(C)c1. The number of thioether (sulfide) groups is 1. The van der Waals surface area contributed by atoms with Gasteiger partial charge in [0.2, 0.25) is 0 Å². The summed E-state index contributed by atoms with van der Waals surface area (Å²) in [6.45, 7) is 7.97. The number of rotatable bonds is 5. The zero-order valence-corrected chi connectivity index (χ0v) is 17.4. The van der Waals surface area contributed by atoms with Crippen LogP contribution in [0.1, 0.15) is 46.8 Å². The van der Waals surface area contributed by atoms with Crippen LogP contribution >= 0.6 is 11.8 Å². The van der Waals surface area contributed by atoms with E-state index in [9.17, 15) is 4.79 Å². The maximum atomic E-state index is 12.9. The van der Waals surface area contributed by atoms with Crippen molar-refractivity contribution in [2.45, 2.75) is 50.3 Å². The highest BCUT2D eigenvalue weighted by Crippen LogP contribution is 2.27. The number of benzene rings is 2. The fourth-order valence-corrected chi connectivity index (χ4v) is 4.68. The summed E-state index contributed by atoms with van der Waals surface area (Å²) in [5.74, 6) is 1.56. The molecule has 1 fully saturated rings. The minimum Gasteiger partial charge on any atom is -0.339 e. The van der Waals surface area contributed by atoms with E-state index in [1.54, 1.807) is 0 Å². The maximum Gasteiger partial charge on any atom is 0.253 e. The molecule has 0 aliphatic carbocycles. The van der Waals surface area contributed by atoms with Crippen LogP contribution in [-0.4, -0.2) is 29.9 Å². The van der Waals surface area contributed by atoms with Crippen LogP contribution in [0, 0.1) is 19.8 Å². The highest BCUT2D eigenvalue weighted by Gasteiger charge is 2.25. The van der Waals surface area contributed by atoms with Crippen LogP contribution in [0.25, 0.3) is 0 Å². The van der Waals surface area contributed by atoms with Crippen molar-refractivity contribution in [2.24, 2.45) is 11.7 Å². The van der Waals surface area contributed by atoms with Crippen LogP contribution in [0.3, 0.4) is 0 Å². The fraction of sp³-hybridized carbons (Fsp3) is 0.435. The lowest BCUT2D eigenvalue weighted by Gasteiger charge is -2.33. The van der Waals surface area contributed by atoms with Gasteiger partial charge in [-0.25, -0.2) is 0 Å². The number of amides is 1. The quantitative estimate of drug-likeness (QED) is 0.756. The van der Waals surface area contributed by atoms with Crippen molar-refractivity contribution in [3.05, 3.63) is 64.7 Å². The average Bonchev–Trinajstić information content (AvgIpc) is 2.67. The van der Waals surface area contributed by atoms with Gasteiger partial charge < -0.3 is 10.6 Å². The maximum absolute atomic E-state index is 12.9. The van der Waals surface area contributed by atoms with E-state index in [0.717, 1.165) is 37.2 Å². The first-order valence-electron chi connectivity index (χ1n) is 9.78. The Hall–Kier alpha value is -1.78. The number of piperidine rings is 1. The standard InChI is InChI=1S/C23H30N2OS/c1-16-7-8-22(17(2)13-16)27-15-19-5-4-6-21(14-19)23(26)25-11-9-20(10-12-25)18(3)24/h4-8,13-14,18,20H,9-12,15,24H2,1-3H3. The van der Waals surface area contributed by atoms with Gasteiger partial charge in [-0.1, -0.05) is 29.8 Å². The highest BCUT2D eigenvalue weighted by atomic mass is 32.2. The van der Waals surface area contributed by atoms with Gasteiger partial charge in [-0.15, -0.1) is 11.8 Å². The molecule has 1 amide bonds. The van der Waals surface area contributed by atoms with Crippen molar-refractivity contribution < 1.29 is 4.79 Å². The Kier molecular flexibility index (Phi) is 6.61. The Morgan fingerprint density at radius 1 is 1.19 bits per heavy atom. The zero-order valence-electron chi connectivity index (χ0n) is 16.6. The van der Waals surface area contributed by atoms with Crippen LogP contribution in [0.15, 0.2) is 47.4 Å². The van der Waals surface area contributed by atoms with E-state index >= 15 is 0 Å². The molecule has 2 N–H and O–H groups in total. The molecule has 2 aromatic carbocycles. The fourth-order valence-electron chi connectivity index (χ4n) is 3.73. The number of nitrogens with zero attached hydrogens (tertiary/aromatic N) is 1. The van der Waals surface area contributed by atoms with E-state index in [1.165, 1.54) is 21.6 Å². The smallest absolute Gasteiger partial charge is 0.253 e. The van der Waals surface area contributed by atoms with Gasteiger partial charge in [0, 0.05) is 35.3 Å². The molecule has 0 spiro atoms. The molecule has 1 aliphatic rings. The molecule has 1 aliphatic heterocycles. The lowest BCUT2D eigenvalue weighted by Crippen LogP contribution is -2.42. The minimum absolute atomic E-state index is 0.150. The van der Waals surface area contributed by atoms with E-state index in [0.29, 0.717) is 5.92 Å². The summed E-state index contributed by atoms with van der Waals surface area (Å²) in [5, 5.41) is 0.